The van der Waals surface area contributed by atoms with Crippen molar-refractivity contribution in [1.82, 2.24) is 4.57 Å². The van der Waals surface area contributed by atoms with Crippen molar-refractivity contribution in [2.75, 3.05) is 13.7 Å². The zero-order chi connectivity index (χ0) is 21.8. The van der Waals surface area contributed by atoms with Crippen LogP contribution in [0.15, 0.2) is 73.1 Å². The van der Waals surface area contributed by atoms with Gasteiger partial charge < -0.3 is 27.5 Å². The van der Waals surface area contributed by atoms with E-state index in [1.807, 2.05) is 60.7 Å². The maximum absolute atomic E-state index is 13.2. The average molecular weight is 498 g/mol. The van der Waals surface area contributed by atoms with Crippen molar-refractivity contribution >= 4 is 5.91 Å². The topological polar surface area (TPSA) is 61.1 Å². The fourth-order valence-corrected chi connectivity index (χ4v) is 5.46. The molecule has 1 heterocycles. The van der Waals surface area contributed by atoms with Crippen LogP contribution in [-0.2, 0) is 21.5 Å². The Kier molecular flexibility index (Phi) is 7.91. The van der Waals surface area contributed by atoms with Gasteiger partial charge in [-0.05, 0) is 36.3 Å². The Hall–Kier alpha value is -2.44. The van der Waals surface area contributed by atoms with Crippen molar-refractivity contribution in [2.45, 2.75) is 44.2 Å². The van der Waals surface area contributed by atoms with Crippen LogP contribution in [0.1, 0.15) is 42.3 Å². The number of carbonyl (C=O) groups excluding carboxylic acids is 1. The lowest BCUT2D eigenvalue weighted by Gasteiger charge is -2.37. The largest absolute Gasteiger partial charge is 1.00 e. The molecule has 1 fully saturated rings. The number of imidazole rings is 1. The lowest BCUT2D eigenvalue weighted by molar-refractivity contribution is -0.703. The van der Waals surface area contributed by atoms with E-state index in [2.05, 4.69) is 28.5 Å². The lowest BCUT2D eigenvalue weighted by Crippen LogP contribution is -3.00. The highest BCUT2D eigenvalue weighted by Crippen LogP contribution is 2.49. The number of primary amides is 1. The molecular formula is C26H32BrN3O2. The van der Waals surface area contributed by atoms with E-state index >= 15 is 0 Å². The minimum Gasteiger partial charge on any atom is -1.00 e. The van der Waals surface area contributed by atoms with Gasteiger partial charge in [-0.3, -0.25) is 4.79 Å². The van der Waals surface area contributed by atoms with E-state index in [1.54, 1.807) is 7.11 Å². The zero-order valence-corrected chi connectivity index (χ0v) is 20.4. The highest BCUT2D eigenvalue weighted by atomic mass is 79.9. The van der Waals surface area contributed by atoms with Crippen LogP contribution >= 0.6 is 0 Å². The molecule has 1 saturated carbocycles. The molecule has 1 aromatic heterocycles. The van der Waals surface area contributed by atoms with Crippen molar-refractivity contribution in [2.24, 2.45) is 11.7 Å². The van der Waals surface area contributed by atoms with E-state index in [4.69, 9.17) is 10.5 Å². The first-order chi connectivity index (χ1) is 15.1. The van der Waals surface area contributed by atoms with Crippen molar-refractivity contribution in [1.29, 1.82) is 0 Å². The maximum atomic E-state index is 13.2. The average Bonchev–Trinajstić information content (AvgIpc) is 3.41. The summed E-state index contributed by atoms with van der Waals surface area (Å²) >= 11 is 0. The fourth-order valence-electron chi connectivity index (χ4n) is 5.46. The number of halogens is 1. The molecule has 2 atom stereocenters. The molecule has 6 heteroatoms. The van der Waals surface area contributed by atoms with Gasteiger partial charge in [-0.2, -0.15) is 0 Å². The number of methoxy groups -OCH3 is 1. The van der Waals surface area contributed by atoms with Crippen LogP contribution < -0.4 is 27.3 Å². The Balaban J connectivity index is 0.00000289. The Morgan fingerprint density at radius 3 is 2.22 bits per heavy atom. The van der Waals surface area contributed by atoms with Crippen LogP contribution in [0.25, 0.3) is 0 Å². The number of hydrogen-bond acceptors (Lipinski definition) is 2. The Morgan fingerprint density at radius 1 is 1.09 bits per heavy atom. The summed E-state index contributed by atoms with van der Waals surface area (Å²) in [6.45, 7) is 3.68. The normalized spacial score (nSPS) is 18.3. The summed E-state index contributed by atoms with van der Waals surface area (Å²) in [6, 6.07) is 20.5. The highest BCUT2D eigenvalue weighted by molar-refractivity contribution is 5.91. The molecule has 0 radical (unpaired) electrons. The summed E-state index contributed by atoms with van der Waals surface area (Å²) in [4.78, 5) is 13.2. The predicted molar refractivity (Wildman–Crippen MR) is 120 cm³/mol. The van der Waals surface area contributed by atoms with Gasteiger partial charge in [0.05, 0.1) is 6.61 Å². The molecular weight excluding hydrogens is 466 g/mol. The molecule has 32 heavy (non-hydrogen) atoms. The number of ether oxygens (including phenoxy) is 1. The van der Waals surface area contributed by atoms with Gasteiger partial charge in [-0.15, -0.1) is 0 Å². The Bertz CT molecular complexity index is 981. The van der Waals surface area contributed by atoms with Crippen LogP contribution in [0.2, 0.25) is 0 Å². The number of benzene rings is 2. The van der Waals surface area contributed by atoms with Crippen LogP contribution in [0.5, 0.6) is 0 Å². The van der Waals surface area contributed by atoms with Crippen molar-refractivity contribution < 1.29 is 31.1 Å². The monoisotopic (exact) mass is 497 g/mol. The molecule has 1 amide bonds. The second-order valence-corrected chi connectivity index (χ2v) is 8.51. The van der Waals surface area contributed by atoms with Crippen LogP contribution in [-0.4, -0.2) is 24.2 Å². The number of rotatable bonds is 8. The Morgan fingerprint density at radius 2 is 1.69 bits per heavy atom. The van der Waals surface area contributed by atoms with E-state index in [1.165, 1.54) is 5.82 Å². The van der Waals surface area contributed by atoms with Gasteiger partial charge in [0.25, 0.3) is 5.82 Å². The number of nitrogens with zero attached hydrogens (tertiary/aromatic N) is 2. The van der Waals surface area contributed by atoms with Gasteiger partial charge in [0.15, 0.2) is 0 Å². The van der Waals surface area contributed by atoms with Gasteiger partial charge in [0.2, 0.25) is 5.91 Å². The molecule has 0 unspecified atom stereocenters. The van der Waals surface area contributed by atoms with Crippen LogP contribution in [0, 0.1) is 12.8 Å². The third kappa shape index (κ3) is 4.26. The summed E-state index contributed by atoms with van der Waals surface area (Å²) in [5, 5.41) is 0. The molecule has 1 aliphatic carbocycles. The number of hydrogen-bond donors (Lipinski definition) is 1. The minimum absolute atomic E-state index is 0. The molecule has 5 nitrogen and oxygen atoms in total. The summed E-state index contributed by atoms with van der Waals surface area (Å²) in [7, 11) is 1.73. The van der Waals surface area contributed by atoms with Crippen LogP contribution in [0.4, 0.5) is 0 Å². The first-order valence-corrected chi connectivity index (χ1v) is 11.1. The quantitative estimate of drug-likeness (QED) is 0.462. The van der Waals surface area contributed by atoms with Gasteiger partial charge in [0, 0.05) is 14.0 Å². The smallest absolute Gasteiger partial charge is 0.253 e. The van der Waals surface area contributed by atoms with Crippen molar-refractivity contribution in [3.05, 3.63) is 90.0 Å². The molecule has 170 valence electrons. The van der Waals surface area contributed by atoms with E-state index in [0.717, 1.165) is 36.9 Å². The summed E-state index contributed by atoms with van der Waals surface area (Å²) < 4.78 is 9.83. The minimum atomic E-state index is -0.829. The Labute approximate surface area is 201 Å². The van der Waals surface area contributed by atoms with E-state index in [9.17, 15) is 4.79 Å². The first kappa shape index (κ1) is 24.2. The molecule has 1 aliphatic rings. The first-order valence-electron chi connectivity index (χ1n) is 11.1. The second kappa shape index (κ2) is 10.5. The van der Waals surface area contributed by atoms with E-state index in [0.29, 0.717) is 12.6 Å². The van der Waals surface area contributed by atoms with Crippen LogP contribution in [0.3, 0.4) is 0 Å². The van der Waals surface area contributed by atoms with Gasteiger partial charge >= 0.3 is 0 Å². The predicted octanol–water partition coefficient (Wildman–Crippen LogP) is 0.547. The molecule has 0 aliphatic heterocycles. The lowest BCUT2D eigenvalue weighted by atomic mass is 9.64. The number of nitrogens with two attached hydrogens (primary N) is 1. The summed E-state index contributed by atoms with van der Waals surface area (Å²) in [5.74, 6) is 1.08. The summed E-state index contributed by atoms with van der Waals surface area (Å²) in [6.07, 6.45) is 7.17. The second-order valence-electron chi connectivity index (χ2n) is 8.51. The third-order valence-corrected chi connectivity index (χ3v) is 6.99. The zero-order valence-electron chi connectivity index (χ0n) is 18.8. The third-order valence-electron chi connectivity index (χ3n) is 6.99. The molecule has 0 saturated heterocycles. The molecule has 0 spiro atoms. The van der Waals surface area contributed by atoms with Gasteiger partial charge in [-0.1, -0.05) is 60.7 Å². The van der Waals surface area contributed by atoms with Gasteiger partial charge in [-0.25, -0.2) is 9.13 Å². The molecule has 2 aromatic carbocycles. The van der Waals surface area contributed by atoms with Crippen molar-refractivity contribution in [3.63, 3.8) is 0 Å². The van der Waals surface area contributed by atoms with E-state index in [-0.39, 0.29) is 28.8 Å². The van der Waals surface area contributed by atoms with Crippen molar-refractivity contribution in [3.8, 4) is 0 Å². The van der Waals surface area contributed by atoms with E-state index < -0.39 is 5.41 Å². The fraction of sp³-hybridized carbons (Fsp3) is 0.385. The molecule has 4 rings (SSSR count). The number of aromatic nitrogens is 2. The maximum Gasteiger partial charge on any atom is 0.253 e. The SMILES string of the molecule is COCC[n+]1ccn([C@@H]2CC[C@@H](C(C(N)=O)(c3ccccc3)c3ccccc3)C2)c1C.[Br-]. The molecule has 3 aromatic rings. The van der Waals surface area contributed by atoms with Gasteiger partial charge in [0.1, 0.15) is 30.4 Å². The summed E-state index contributed by atoms with van der Waals surface area (Å²) in [5.41, 5.74) is 7.37. The molecule has 0 bridgehead atoms. The highest BCUT2D eigenvalue weighted by Gasteiger charge is 2.51. The standard InChI is InChI=1S/C26H31N3O2.BrH/c1-20-28(17-18-31-2)15-16-29(20)24-14-13-23(19-24)26(25(27)30,21-9-5-3-6-10-21)22-11-7-4-8-12-22;/h3-12,15-16,23-24H,13-14,17-19H2,1-2H3,(H-,27,30);1H/t23-,24-;/m1./s1. The number of carbonyl (C=O) groups is 1. The number of amides is 1. The molecule has 2 N–H and O–H groups in total.